The van der Waals surface area contributed by atoms with Gasteiger partial charge in [0.25, 0.3) is 0 Å². The predicted octanol–water partition coefficient (Wildman–Crippen LogP) is 3.53. The maximum atomic E-state index is 15.7. The molecule has 1 aliphatic heterocycles. The molecule has 218 valence electrons. The average molecular weight is 595 g/mol. The highest BCUT2D eigenvalue weighted by Gasteiger charge is 2.31. The molecule has 0 spiro atoms. The van der Waals surface area contributed by atoms with Crippen molar-refractivity contribution in [3.05, 3.63) is 83.6 Å². The van der Waals surface area contributed by atoms with E-state index in [9.17, 15) is 22.4 Å². The lowest BCUT2D eigenvalue weighted by Crippen LogP contribution is -2.54. The van der Waals surface area contributed by atoms with Crippen LogP contribution in [-0.4, -0.2) is 69.7 Å². The summed E-state index contributed by atoms with van der Waals surface area (Å²) < 4.78 is 58.1. The highest BCUT2D eigenvalue weighted by Crippen LogP contribution is 2.33. The molecule has 4 heterocycles. The molecule has 0 N–H and O–H groups in total. The molecule has 3 aromatic heterocycles. The van der Waals surface area contributed by atoms with E-state index in [1.54, 1.807) is 9.80 Å². The molecule has 1 amide bonds. The van der Waals surface area contributed by atoms with Crippen molar-refractivity contribution in [3.8, 4) is 16.9 Å². The van der Waals surface area contributed by atoms with Gasteiger partial charge in [0.15, 0.2) is 15.5 Å². The molecule has 1 atom stereocenters. The summed E-state index contributed by atoms with van der Waals surface area (Å²) in [7, 11) is -3.92. The minimum Gasteiger partial charge on any atom is -0.350 e. The molecule has 0 saturated carbocycles. The van der Waals surface area contributed by atoms with Crippen LogP contribution in [0.15, 0.2) is 71.1 Å². The van der Waals surface area contributed by atoms with Crippen molar-refractivity contribution in [1.82, 2.24) is 24.4 Å². The molecular formula is C29H28F2N6O4S. The zero-order chi connectivity index (χ0) is 30.3. The van der Waals surface area contributed by atoms with Gasteiger partial charge in [0.1, 0.15) is 23.1 Å². The summed E-state index contributed by atoms with van der Waals surface area (Å²) in [5, 5.41) is -0.734. The Balaban J connectivity index is 1.82. The average Bonchev–Trinajstić information content (AvgIpc) is 2.96. The number of benzene rings is 1. The van der Waals surface area contributed by atoms with E-state index in [-0.39, 0.29) is 57.2 Å². The number of carbonyl (C=O) groups excluding carboxylic acids is 1. The molecule has 0 unspecified atom stereocenters. The van der Waals surface area contributed by atoms with Gasteiger partial charge in [-0.2, -0.15) is 4.98 Å². The summed E-state index contributed by atoms with van der Waals surface area (Å²) in [5.74, 6) is -1.73. The van der Waals surface area contributed by atoms with E-state index in [1.165, 1.54) is 56.6 Å². The first-order chi connectivity index (χ1) is 19.9. The van der Waals surface area contributed by atoms with Crippen LogP contribution in [0.4, 0.5) is 14.6 Å². The Morgan fingerprint density at radius 2 is 1.86 bits per heavy atom. The maximum Gasteiger partial charge on any atom is 0.355 e. The quantitative estimate of drug-likeness (QED) is 0.311. The number of aromatic nitrogens is 4. The van der Waals surface area contributed by atoms with Gasteiger partial charge in [-0.15, -0.1) is 0 Å². The van der Waals surface area contributed by atoms with Crippen molar-refractivity contribution in [3.63, 3.8) is 0 Å². The zero-order valence-electron chi connectivity index (χ0n) is 23.2. The maximum absolute atomic E-state index is 15.7. The first-order valence-corrected chi connectivity index (χ1v) is 14.7. The monoisotopic (exact) mass is 594 g/mol. The molecule has 10 nitrogen and oxygen atoms in total. The molecular weight excluding hydrogens is 566 g/mol. The lowest BCUT2D eigenvalue weighted by atomic mass is 10.1. The van der Waals surface area contributed by atoms with E-state index in [0.717, 1.165) is 16.7 Å². The van der Waals surface area contributed by atoms with Gasteiger partial charge < -0.3 is 9.80 Å². The number of piperazine rings is 1. The number of anilines is 1. The van der Waals surface area contributed by atoms with Crippen molar-refractivity contribution in [2.45, 2.75) is 37.0 Å². The molecule has 1 aromatic carbocycles. The first kappa shape index (κ1) is 29.0. The van der Waals surface area contributed by atoms with Gasteiger partial charge in [0.2, 0.25) is 5.91 Å². The number of hydrogen-bond donors (Lipinski definition) is 0. The number of nitrogens with zero attached hydrogens (tertiary/aromatic N) is 6. The summed E-state index contributed by atoms with van der Waals surface area (Å²) in [5.41, 5.74) is -1.64. The van der Waals surface area contributed by atoms with Crippen LogP contribution in [0, 0.1) is 11.6 Å². The van der Waals surface area contributed by atoms with Crippen molar-refractivity contribution >= 4 is 32.6 Å². The molecule has 0 aliphatic carbocycles. The molecule has 0 bridgehead atoms. The van der Waals surface area contributed by atoms with Crippen molar-refractivity contribution < 1.29 is 22.0 Å². The van der Waals surface area contributed by atoms with Gasteiger partial charge in [-0.05, 0) is 51.1 Å². The summed E-state index contributed by atoms with van der Waals surface area (Å²) in [6.45, 7) is 9.22. The largest absolute Gasteiger partial charge is 0.355 e. The third-order valence-electron chi connectivity index (χ3n) is 7.25. The number of fused-ring (bicyclic) bond motifs is 1. The van der Waals surface area contributed by atoms with Crippen LogP contribution in [0.3, 0.4) is 0 Å². The third-order valence-corrected chi connectivity index (χ3v) is 9.45. The van der Waals surface area contributed by atoms with Crippen LogP contribution in [0.1, 0.15) is 20.8 Å². The Morgan fingerprint density at radius 1 is 1.12 bits per heavy atom. The standard InChI is InChI=1S/C29H28F2N6O4S/c1-5-25(38)35-12-13-36(18(4)16-35)27-20-14-22(31)26(19-8-6-7-9-21(19)30)33-28(20)37(29(39)34-27)23-15-32-11-10-24(23)42(40,41)17(2)3/h5-11,14-15,17-18H,1,12-13,16H2,2-4H3/t18-/m0/s1. The van der Waals surface area contributed by atoms with Crippen molar-refractivity contribution in [1.29, 1.82) is 0 Å². The molecule has 1 fully saturated rings. The van der Waals surface area contributed by atoms with Crippen LogP contribution in [-0.2, 0) is 14.6 Å². The van der Waals surface area contributed by atoms with Crippen LogP contribution in [0.2, 0.25) is 0 Å². The Kier molecular flexibility index (Phi) is 7.62. The van der Waals surface area contributed by atoms with Gasteiger partial charge >= 0.3 is 5.69 Å². The Hall–Kier alpha value is -4.52. The van der Waals surface area contributed by atoms with E-state index in [1.807, 2.05) is 6.92 Å². The fourth-order valence-corrected chi connectivity index (χ4v) is 6.22. The number of halogens is 2. The zero-order valence-corrected chi connectivity index (χ0v) is 24.0. The molecule has 1 aliphatic rings. The highest BCUT2D eigenvalue weighted by molar-refractivity contribution is 7.92. The van der Waals surface area contributed by atoms with Crippen LogP contribution in [0.5, 0.6) is 0 Å². The third kappa shape index (κ3) is 4.93. The second-order valence-corrected chi connectivity index (χ2v) is 12.7. The molecule has 13 heteroatoms. The van der Waals surface area contributed by atoms with E-state index in [2.05, 4.69) is 21.5 Å². The van der Waals surface area contributed by atoms with E-state index in [4.69, 9.17) is 0 Å². The number of sulfone groups is 1. The Labute approximate surface area is 240 Å². The first-order valence-electron chi connectivity index (χ1n) is 13.2. The lowest BCUT2D eigenvalue weighted by molar-refractivity contribution is -0.126. The van der Waals surface area contributed by atoms with Crippen LogP contribution >= 0.6 is 0 Å². The summed E-state index contributed by atoms with van der Waals surface area (Å²) >= 11 is 0. The van der Waals surface area contributed by atoms with Gasteiger partial charge in [0.05, 0.1) is 27.4 Å². The van der Waals surface area contributed by atoms with E-state index >= 15 is 4.39 Å². The minimum absolute atomic E-state index is 0.0966. The molecule has 5 rings (SSSR count). The number of pyridine rings is 2. The van der Waals surface area contributed by atoms with Crippen molar-refractivity contribution in [2.75, 3.05) is 24.5 Å². The second-order valence-electron chi connectivity index (χ2n) is 10.2. The molecule has 4 aromatic rings. The molecule has 1 saturated heterocycles. The minimum atomic E-state index is -3.92. The van der Waals surface area contributed by atoms with Gasteiger partial charge in [-0.25, -0.2) is 31.5 Å². The summed E-state index contributed by atoms with van der Waals surface area (Å²) in [6.07, 6.45) is 3.71. The smallest absolute Gasteiger partial charge is 0.350 e. The fraction of sp³-hybridized carbons (Fsp3) is 0.276. The summed E-state index contributed by atoms with van der Waals surface area (Å²) in [4.78, 5) is 41.9. The molecule has 42 heavy (non-hydrogen) atoms. The van der Waals surface area contributed by atoms with Crippen molar-refractivity contribution in [2.24, 2.45) is 0 Å². The van der Waals surface area contributed by atoms with Gasteiger partial charge in [-0.3, -0.25) is 9.78 Å². The number of rotatable bonds is 6. The van der Waals surface area contributed by atoms with Crippen LogP contribution in [0.25, 0.3) is 28.0 Å². The van der Waals surface area contributed by atoms with Gasteiger partial charge in [-0.1, -0.05) is 18.7 Å². The topological polar surface area (TPSA) is 118 Å². The normalized spacial score (nSPS) is 15.8. The SMILES string of the molecule is C=CC(=O)N1CCN(c2nc(=O)n(-c3cnccc3S(=O)(=O)C(C)C)c3nc(-c4ccccc4F)c(F)cc23)[C@@H](C)C1. The molecule has 0 radical (unpaired) electrons. The number of carbonyl (C=O) groups is 1. The van der Waals surface area contributed by atoms with E-state index < -0.39 is 32.4 Å². The predicted molar refractivity (Wildman–Crippen MR) is 154 cm³/mol. The lowest BCUT2D eigenvalue weighted by Gasteiger charge is -2.40. The summed E-state index contributed by atoms with van der Waals surface area (Å²) in [6, 6.07) is 7.54. The number of amides is 1. The number of hydrogen-bond acceptors (Lipinski definition) is 8. The fourth-order valence-electron chi connectivity index (χ4n) is 5.02. The Morgan fingerprint density at radius 3 is 2.52 bits per heavy atom. The Bertz CT molecular complexity index is 1890. The highest BCUT2D eigenvalue weighted by atomic mass is 32.2. The van der Waals surface area contributed by atoms with E-state index in [0.29, 0.717) is 13.1 Å². The van der Waals surface area contributed by atoms with Crippen LogP contribution < -0.4 is 10.6 Å². The second kappa shape index (κ2) is 11.0. The van der Waals surface area contributed by atoms with Gasteiger partial charge in [0, 0.05) is 37.4 Å².